The van der Waals surface area contributed by atoms with Gasteiger partial charge in [-0.1, -0.05) is 31.4 Å². The van der Waals surface area contributed by atoms with Gasteiger partial charge in [-0.15, -0.1) is 11.3 Å². The summed E-state index contributed by atoms with van der Waals surface area (Å²) in [7, 11) is 1.79. The van der Waals surface area contributed by atoms with E-state index in [2.05, 4.69) is 51.7 Å². The van der Waals surface area contributed by atoms with Gasteiger partial charge in [-0.25, -0.2) is 4.98 Å². The molecule has 30 heavy (non-hydrogen) atoms. The predicted octanol–water partition coefficient (Wildman–Crippen LogP) is 6.14. The minimum Gasteiger partial charge on any atom is -0.495 e. The highest BCUT2D eigenvalue weighted by atomic mass is 32.2. The lowest BCUT2D eigenvalue weighted by Gasteiger charge is -2.26. The largest absolute Gasteiger partial charge is 0.495 e. The molecule has 0 N–H and O–H groups in total. The van der Waals surface area contributed by atoms with E-state index in [1.807, 2.05) is 0 Å². The van der Waals surface area contributed by atoms with E-state index in [0.717, 1.165) is 17.3 Å². The SMILES string of the molecule is COc1cccc2c(-c3nc(CN4CCSCC4)cs3)c(C)n(C3CCCCC3)c12. The molecule has 1 saturated carbocycles. The van der Waals surface area contributed by atoms with Gasteiger partial charge in [0.05, 0.1) is 18.3 Å². The number of aromatic nitrogens is 2. The maximum Gasteiger partial charge on any atom is 0.143 e. The molecular weight excluding hydrogens is 410 g/mol. The van der Waals surface area contributed by atoms with Gasteiger partial charge in [0, 0.05) is 59.2 Å². The van der Waals surface area contributed by atoms with Crippen LogP contribution >= 0.6 is 23.1 Å². The molecule has 160 valence electrons. The van der Waals surface area contributed by atoms with Crippen LogP contribution in [0.4, 0.5) is 0 Å². The molecule has 5 rings (SSSR count). The van der Waals surface area contributed by atoms with Gasteiger partial charge in [0.25, 0.3) is 0 Å². The maximum absolute atomic E-state index is 5.82. The number of rotatable bonds is 5. The monoisotopic (exact) mass is 441 g/mol. The van der Waals surface area contributed by atoms with E-state index in [-0.39, 0.29) is 0 Å². The van der Waals surface area contributed by atoms with Crippen LogP contribution in [0.5, 0.6) is 5.75 Å². The van der Waals surface area contributed by atoms with Gasteiger partial charge < -0.3 is 9.30 Å². The molecule has 3 aromatic rings. The lowest BCUT2D eigenvalue weighted by Crippen LogP contribution is -2.32. The molecular formula is C24H31N3OS2. The van der Waals surface area contributed by atoms with E-state index >= 15 is 0 Å². The third-order valence-corrected chi connectivity index (χ3v) is 8.50. The Balaban J connectivity index is 1.57. The normalized spacial score (nSPS) is 18.9. The quantitative estimate of drug-likeness (QED) is 0.476. The summed E-state index contributed by atoms with van der Waals surface area (Å²) in [6, 6.07) is 7.04. The van der Waals surface area contributed by atoms with Crippen molar-refractivity contribution in [3.8, 4) is 16.3 Å². The van der Waals surface area contributed by atoms with Crippen LogP contribution in [0.25, 0.3) is 21.5 Å². The van der Waals surface area contributed by atoms with Crippen LogP contribution in [0.2, 0.25) is 0 Å². The topological polar surface area (TPSA) is 30.3 Å². The molecule has 1 aliphatic carbocycles. The van der Waals surface area contributed by atoms with Crippen LogP contribution in [0.15, 0.2) is 23.6 Å². The maximum atomic E-state index is 5.82. The fourth-order valence-corrected chi connectivity index (χ4v) is 7.07. The highest BCUT2D eigenvalue weighted by Gasteiger charge is 2.26. The first-order chi connectivity index (χ1) is 14.8. The summed E-state index contributed by atoms with van der Waals surface area (Å²) in [4.78, 5) is 7.65. The zero-order chi connectivity index (χ0) is 20.5. The molecule has 3 heterocycles. The Kier molecular flexibility index (Phi) is 6.07. The van der Waals surface area contributed by atoms with Crippen LogP contribution in [-0.4, -0.2) is 46.2 Å². The number of nitrogens with zero attached hydrogens (tertiary/aromatic N) is 3. The number of thioether (sulfide) groups is 1. The fraction of sp³-hybridized carbons (Fsp3) is 0.542. The van der Waals surface area contributed by atoms with Gasteiger partial charge in [0.2, 0.25) is 0 Å². The standard InChI is InChI=1S/C24H31N3OS2/c1-17-22(24-25-18(16-30-24)15-26-11-13-29-14-12-26)20-9-6-10-21(28-2)23(20)27(17)19-7-4-3-5-8-19/h6,9-10,16,19H,3-5,7-8,11-15H2,1-2H3. The first-order valence-corrected chi connectivity index (χ1v) is 13.2. The lowest BCUT2D eigenvalue weighted by molar-refractivity contribution is 0.292. The van der Waals surface area contributed by atoms with Gasteiger partial charge >= 0.3 is 0 Å². The molecule has 0 unspecified atom stereocenters. The van der Waals surface area contributed by atoms with E-state index in [4.69, 9.17) is 9.72 Å². The molecule has 0 atom stereocenters. The van der Waals surface area contributed by atoms with Crippen molar-refractivity contribution in [3.63, 3.8) is 0 Å². The molecule has 0 radical (unpaired) electrons. The smallest absolute Gasteiger partial charge is 0.143 e. The highest BCUT2D eigenvalue weighted by molar-refractivity contribution is 7.99. The van der Waals surface area contributed by atoms with Crippen molar-refractivity contribution in [2.75, 3.05) is 31.7 Å². The Hall–Kier alpha value is -1.50. The van der Waals surface area contributed by atoms with Crippen molar-refractivity contribution in [2.45, 2.75) is 51.6 Å². The van der Waals surface area contributed by atoms with Gasteiger partial charge in [0.1, 0.15) is 10.8 Å². The average Bonchev–Trinajstić information content (AvgIpc) is 3.36. The third kappa shape index (κ3) is 3.78. The van der Waals surface area contributed by atoms with Crippen molar-refractivity contribution in [1.29, 1.82) is 0 Å². The van der Waals surface area contributed by atoms with Crippen LogP contribution < -0.4 is 4.74 Å². The molecule has 2 aromatic heterocycles. The Morgan fingerprint density at radius 2 is 1.93 bits per heavy atom. The van der Waals surface area contributed by atoms with Crippen LogP contribution in [0.3, 0.4) is 0 Å². The lowest BCUT2D eigenvalue weighted by atomic mass is 9.95. The minimum atomic E-state index is 0.566. The first kappa shape index (κ1) is 20.4. The number of methoxy groups -OCH3 is 1. The number of para-hydroxylation sites is 1. The van der Waals surface area contributed by atoms with Gasteiger partial charge in [-0.05, 0) is 25.8 Å². The number of fused-ring (bicyclic) bond motifs is 1. The highest BCUT2D eigenvalue weighted by Crippen LogP contribution is 2.44. The average molecular weight is 442 g/mol. The molecule has 2 fully saturated rings. The van der Waals surface area contributed by atoms with E-state index in [0.29, 0.717) is 6.04 Å². The second kappa shape index (κ2) is 8.93. The van der Waals surface area contributed by atoms with Crippen LogP contribution in [0.1, 0.15) is 49.5 Å². The summed E-state index contributed by atoms with van der Waals surface area (Å²) >= 11 is 3.86. The molecule has 0 spiro atoms. The Morgan fingerprint density at radius 1 is 1.13 bits per heavy atom. The zero-order valence-electron chi connectivity index (χ0n) is 18.0. The first-order valence-electron chi connectivity index (χ1n) is 11.2. The molecule has 6 heteroatoms. The summed E-state index contributed by atoms with van der Waals surface area (Å²) in [6.07, 6.45) is 6.54. The summed E-state index contributed by atoms with van der Waals surface area (Å²) in [5.74, 6) is 3.46. The van der Waals surface area contributed by atoms with E-state index < -0.39 is 0 Å². The van der Waals surface area contributed by atoms with Crippen molar-refractivity contribution in [1.82, 2.24) is 14.5 Å². The Morgan fingerprint density at radius 3 is 2.70 bits per heavy atom. The van der Waals surface area contributed by atoms with Gasteiger partial charge in [-0.2, -0.15) is 11.8 Å². The van der Waals surface area contributed by atoms with Gasteiger partial charge in [-0.3, -0.25) is 4.90 Å². The van der Waals surface area contributed by atoms with Crippen molar-refractivity contribution < 1.29 is 4.74 Å². The Bertz CT molecular complexity index is 1010. The van der Waals surface area contributed by atoms with E-state index in [1.165, 1.54) is 84.6 Å². The summed E-state index contributed by atoms with van der Waals surface area (Å²) in [5, 5.41) is 4.70. The van der Waals surface area contributed by atoms with Crippen molar-refractivity contribution in [3.05, 3.63) is 35.0 Å². The molecule has 0 amide bonds. The molecule has 1 aromatic carbocycles. The molecule has 1 saturated heterocycles. The Labute approximate surface area is 187 Å². The summed E-state index contributed by atoms with van der Waals surface area (Å²) in [5.41, 5.74) is 5.11. The molecule has 0 bridgehead atoms. The number of hydrogen-bond acceptors (Lipinski definition) is 5. The van der Waals surface area contributed by atoms with E-state index in [9.17, 15) is 0 Å². The zero-order valence-corrected chi connectivity index (χ0v) is 19.7. The molecule has 1 aliphatic heterocycles. The summed E-state index contributed by atoms with van der Waals surface area (Å²) in [6.45, 7) is 5.61. The molecule has 4 nitrogen and oxygen atoms in total. The van der Waals surface area contributed by atoms with Gasteiger partial charge in [0.15, 0.2) is 0 Å². The third-order valence-electron chi connectivity index (χ3n) is 6.65. The number of thiazole rings is 1. The number of benzene rings is 1. The molecule has 2 aliphatic rings. The second-order valence-electron chi connectivity index (χ2n) is 8.51. The minimum absolute atomic E-state index is 0.566. The van der Waals surface area contributed by atoms with Crippen molar-refractivity contribution in [2.24, 2.45) is 0 Å². The number of hydrogen-bond donors (Lipinski definition) is 0. The van der Waals surface area contributed by atoms with E-state index in [1.54, 1.807) is 18.4 Å². The summed E-state index contributed by atoms with van der Waals surface area (Å²) < 4.78 is 8.40. The second-order valence-corrected chi connectivity index (χ2v) is 10.6. The van der Waals surface area contributed by atoms with Crippen LogP contribution in [-0.2, 0) is 6.54 Å². The van der Waals surface area contributed by atoms with Crippen LogP contribution in [0, 0.1) is 6.92 Å². The fourth-order valence-electron chi connectivity index (χ4n) is 5.17. The van der Waals surface area contributed by atoms with Crippen molar-refractivity contribution >= 4 is 34.0 Å². The number of ether oxygens (including phenoxy) is 1. The predicted molar refractivity (Wildman–Crippen MR) is 129 cm³/mol.